The number of allylic oxidation sites excluding steroid dienone is 1. The fourth-order valence-corrected chi connectivity index (χ4v) is 7.33. The monoisotopic (exact) mass is 524 g/mol. The highest BCUT2D eigenvalue weighted by Crippen LogP contribution is 2.33. The first-order chi connectivity index (χ1) is 19.1. The first kappa shape index (κ1) is 27.9. The highest BCUT2D eigenvalue weighted by atomic mass is 28.2. The molecule has 1 aromatic heterocycles. The Bertz CT molecular complexity index is 1350. The Kier molecular flexibility index (Phi) is 10.1. The van der Waals surface area contributed by atoms with Gasteiger partial charge in [-0.25, -0.2) is 4.98 Å². The molecule has 0 saturated heterocycles. The lowest BCUT2D eigenvalue weighted by Crippen LogP contribution is -2.41. The topological polar surface area (TPSA) is 17.8 Å². The van der Waals surface area contributed by atoms with Crippen LogP contribution in [0.5, 0.6) is 0 Å². The van der Waals surface area contributed by atoms with E-state index in [-0.39, 0.29) is 5.16 Å². The second-order valence-corrected chi connectivity index (χ2v) is 11.8. The van der Waals surface area contributed by atoms with Crippen LogP contribution in [0, 0.1) is 5.92 Å². The van der Waals surface area contributed by atoms with Crippen molar-refractivity contribution in [3.63, 3.8) is 0 Å². The van der Waals surface area contributed by atoms with Gasteiger partial charge in [0.25, 0.3) is 0 Å². The minimum atomic E-state index is -0.647. The fraction of sp³-hybridized carbons (Fsp3) is 0.114. The van der Waals surface area contributed by atoms with E-state index in [2.05, 4.69) is 164 Å². The van der Waals surface area contributed by atoms with Gasteiger partial charge in [-0.2, -0.15) is 0 Å². The van der Waals surface area contributed by atoms with Crippen LogP contribution in [0.3, 0.4) is 0 Å². The zero-order valence-electron chi connectivity index (χ0n) is 23.2. The Morgan fingerprint density at radius 1 is 0.744 bits per heavy atom. The Morgan fingerprint density at radius 2 is 1.21 bits per heavy atom. The average Bonchev–Trinajstić information content (AvgIpc) is 3.54. The summed E-state index contributed by atoms with van der Waals surface area (Å²) < 4.78 is 2.29. The van der Waals surface area contributed by atoms with Crippen molar-refractivity contribution >= 4 is 22.9 Å². The SMILES string of the molecule is BC=C(c1ccccc1)c1ccccc1.CC(C)C=C[SiH2]C(c1ccccc1)(c1ccccc1)n1ccnc1. The third-order valence-corrected chi connectivity index (χ3v) is 9.12. The maximum Gasteiger partial charge on any atom is 0.130 e. The number of hydrogen-bond acceptors (Lipinski definition) is 1. The smallest absolute Gasteiger partial charge is 0.130 e. The third-order valence-electron chi connectivity index (χ3n) is 6.84. The van der Waals surface area contributed by atoms with Crippen LogP contribution in [-0.2, 0) is 5.16 Å². The molecule has 0 radical (unpaired) electrons. The molecule has 5 aromatic rings. The molecule has 0 atom stereocenters. The molecule has 0 aliphatic rings. The maximum atomic E-state index is 4.34. The van der Waals surface area contributed by atoms with Gasteiger partial charge in [0.05, 0.1) is 21.0 Å². The minimum Gasteiger partial charge on any atom is -0.326 e. The molecule has 0 unspecified atom stereocenters. The number of hydrogen-bond donors (Lipinski definition) is 0. The molecule has 0 amide bonds. The van der Waals surface area contributed by atoms with Crippen LogP contribution < -0.4 is 0 Å². The summed E-state index contributed by atoms with van der Waals surface area (Å²) in [6.45, 7) is 4.46. The van der Waals surface area contributed by atoms with E-state index in [0.29, 0.717) is 5.92 Å². The molecule has 39 heavy (non-hydrogen) atoms. The highest BCUT2D eigenvalue weighted by Gasteiger charge is 2.34. The Morgan fingerprint density at radius 3 is 1.59 bits per heavy atom. The van der Waals surface area contributed by atoms with Crippen molar-refractivity contribution in [2.75, 3.05) is 0 Å². The molecule has 194 valence electrons. The molecule has 0 aliphatic carbocycles. The molecule has 0 bridgehead atoms. The van der Waals surface area contributed by atoms with Crippen molar-refractivity contribution in [1.82, 2.24) is 9.55 Å². The first-order valence-corrected chi connectivity index (χ1v) is 15.2. The largest absolute Gasteiger partial charge is 0.326 e. The zero-order chi connectivity index (χ0) is 27.3. The van der Waals surface area contributed by atoms with Crippen LogP contribution in [0.1, 0.15) is 36.1 Å². The van der Waals surface area contributed by atoms with Crippen molar-refractivity contribution in [3.05, 3.63) is 180 Å². The number of rotatable bonds is 8. The summed E-state index contributed by atoms with van der Waals surface area (Å²) in [7, 11) is 1.43. The van der Waals surface area contributed by atoms with E-state index in [1.54, 1.807) is 0 Å². The van der Waals surface area contributed by atoms with Gasteiger partial charge in [-0.1, -0.05) is 141 Å². The van der Waals surface area contributed by atoms with Crippen molar-refractivity contribution in [2.24, 2.45) is 5.92 Å². The maximum absolute atomic E-state index is 4.34. The van der Waals surface area contributed by atoms with Crippen LogP contribution in [0.25, 0.3) is 5.57 Å². The first-order valence-electron chi connectivity index (χ1n) is 13.7. The van der Waals surface area contributed by atoms with Crippen LogP contribution >= 0.6 is 0 Å². The summed E-state index contributed by atoms with van der Waals surface area (Å²) in [5.41, 5.74) is 8.92. The van der Waals surface area contributed by atoms with Crippen molar-refractivity contribution in [1.29, 1.82) is 0 Å². The minimum absolute atomic E-state index is 0.148. The fourth-order valence-electron chi connectivity index (χ4n) is 4.96. The van der Waals surface area contributed by atoms with E-state index in [0.717, 1.165) is 0 Å². The molecule has 2 nitrogen and oxygen atoms in total. The normalized spacial score (nSPS) is 11.5. The second kappa shape index (κ2) is 14.1. The molecule has 1 heterocycles. The van der Waals surface area contributed by atoms with Gasteiger partial charge in [-0.05, 0) is 33.7 Å². The quantitative estimate of drug-likeness (QED) is 0.207. The van der Waals surface area contributed by atoms with E-state index in [1.807, 2.05) is 24.7 Å². The van der Waals surface area contributed by atoms with Gasteiger partial charge in [-0.3, -0.25) is 0 Å². The van der Waals surface area contributed by atoms with Gasteiger partial charge in [0.15, 0.2) is 0 Å². The van der Waals surface area contributed by atoms with E-state index >= 15 is 0 Å². The van der Waals surface area contributed by atoms with Gasteiger partial charge in [0, 0.05) is 12.4 Å². The van der Waals surface area contributed by atoms with E-state index in [1.165, 1.54) is 27.8 Å². The lowest BCUT2D eigenvalue weighted by molar-refractivity contribution is 0.596. The number of benzene rings is 4. The molecule has 0 N–H and O–H groups in total. The predicted octanol–water partition coefficient (Wildman–Crippen LogP) is 6.68. The van der Waals surface area contributed by atoms with Crippen molar-refractivity contribution in [2.45, 2.75) is 19.0 Å². The molecule has 0 saturated carbocycles. The van der Waals surface area contributed by atoms with E-state index in [4.69, 9.17) is 0 Å². The van der Waals surface area contributed by atoms with Crippen LogP contribution in [0.4, 0.5) is 0 Å². The summed E-state index contributed by atoms with van der Waals surface area (Å²) in [6, 6.07) is 42.6. The summed E-state index contributed by atoms with van der Waals surface area (Å²) in [5, 5.41) is -0.148. The summed E-state index contributed by atoms with van der Waals surface area (Å²) in [5.74, 6) is 2.73. The van der Waals surface area contributed by atoms with Crippen molar-refractivity contribution < 1.29 is 0 Å². The standard InChI is InChI=1S/C21H24N2Si.C14H13B/c1-18(2)13-16-24-21(23-15-14-22-17-23,19-9-5-3-6-10-19)20-11-7-4-8-12-20;15-11-14(12-7-3-1-4-8-12)13-9-5-2-6-10-13/h3-18H,24H2,1-2H3;1-11H,15H2. The van der Waals surface area contributed by atoms with Gasteiger partial charge < -0.3 is 4.57 Å². The molecular formula is C35H37BN2Si. The zero-order valence-corrected chi connectivity index (χ0v) is 24.6. The molecule has 0 aliphatic heterocycles. The number of imidazole rings is 1. The third kappa shape index (κ3) is 7.04. The van der Waals surface area contributed by atoms with E-state index < -0.39 is 9.52 Å². The summed E-state index contributed by atoms with van der Waals surface area (Å²) >= 11 is 0. The van der Waals surface area contributed by atoms with Gasteiger partial charge in [0.2, 0.25) is 0 Å². The molecule has 0 spiro atoms. The van der Waals surface area contributed by atoms with Gasteiger partial charge >= 0.3 is 0 Å². The Hall–Kier alpha value is -4.15. The summed E-state index contributed by atoms with van der Waals surface area (Å²) in [6.07, 6.45) is 8.26. The summed E-state index contributed by atoms with van der Waals surface area (Å²) in [4.78, 5) is 4.34. The van der Waals surface area contributed by atoms with E-state index in [9.17, 15) is 0 Å². The molecular weight excluding hydrogens is 487 g/mol. The number of nitrogens with zero attached hydrogens (tertiary/aromatic N) is 2. The second-order valence-electron chi connectivity index (χ2n) is 9.87. The van der Waals surface area contributed by atoms with Gasteiger partial charge in [0.1, 0.15) is 7.85 Å². The molecule has 5 rings (SSSR count). The van der Waals surface area contributed by atoms with Crippen LogP contribution in [0.15, 0.2) is 158 Å². The van der Waals surface area contributed by atoms with Gasteiger partial charge in [-0.15, -0.1) is 11.7 Å². The Labute approximate surface area is 237 Å². The Balaban J connectivity index is 0.000000202. The van der Waals surface area contributed by atoms with Crippen LogP contribution in [-0.4, -0.2) is 26.9 Å². The predicted molar refractivity (Wildman–Crippen MR) is 172 cm³/mol. The highest BCUT2D eigenvalue weighted by molar-refractivity contribution is 6.47. The molecule has 4 aromatic carbocycles. The molecule has 4 heteroatoms. The van der Waals surface area contributed by atoms with Crippen molar-refractivity contribution in [3.8, 4) is 0 Å². The van der Waals surface area contributed by atoms with Crippen LogP contribution in [0.2, 0.25) is 0 Å². The lowest BCUT2D eigenvalue weighted by atomic mass is 9.92. The average molecular weight is 525 g/mol. The number of aromatic nitrogens is 2. The molecule has 0 fully saturated rings. The lowest BCUT2D eigenvalue weighted by Gasteiger charge is -2.36.